The van der Waals surface area contributed by atoms with Gasteiger partial charge >= 0.3 is 6.11 Å². The monoisotopic (exact) mass is 656 g/mol. The van der Waals surface area contributed by atoms with Gasteiger partial charge in [0, 0.05) is 23.1 Å². The fourth-order valence-corrected chi connectivity index (χ4v) is 6.33. The Morgan fingerprint density at radius 1 is 0.804 bits per heavy atom. The summed E-state index contributed by atoms with van der Waals surface area (Å²) in [5.41, 5.74) is -1.18. The quantitative estimate of drug-likeness (QED) is 0.152. The molecule has 0 atom stereocenters. The summed E-state index contributed by atoms with van der Waals surface area (Å²) >= 11 is 0. The first-order valence-electron chi connectivity index (χ1n) is 15.6. The van der Waals surface area contributed by atoms with Crippen LogP contribution in [-0.2, 0) is 9.47 Å². The highest BCUT2D eigenvalue weighted by atomic mass is 19.3. The number of hydrogen-bond acceptors (Lipinski definition) is 3. The van der Waals surface area contributed by atoms with E-state index in [0.29, 0.717) is 48.5 Å². The average Bonchev–Trinajstić information content (AvgIpc) is 3.01. The van der Waals surface area contributed by atoms with Crippen LogP contribution in [0.25, 0.3) is 11.1 Å². The normalized spacial score (nSPS) is 22.3. The fourth-order valence-electron chi connectivity index (χ4n) is 6.33. The van der Waals surface area contributed by atoms with E-state index in [9.17, 15) is 22.0 Å². The number of hydrogen-bond donors (Lipinski definition) is 0. The molecular weight excluding hydrogens is 620 g/mol. The molecule has 1 saturated carbocycles. The van der Waals surface area contributed by atoms with E-state index >= 15 is 13.2 Å². The van der Waals surface area contributed by atoms with Crippen LogP contribution in [0, 0.1) is 35.1 Å². The summed E-state index contributed by atoms with van der Waals surface area (Å²) in [5.74, 6) is -6.36. The minimum atomic E-state index is -3.68. The second kappa shape index (κ2) is 14.7. The Bertz CT molecular complexity index is 1460. The highest BCUT2D eigenvalue weighted by molar-refractivity contribution is 5.65. The molecule has 2 fully saturated rings. The predicted molar refractivity (Wildman–Crippen MR) is 156 cm³/mol. The van der Waals surface area contributed by atoms with Crippen molar-refractivity contribution in [2.45, 2.75) is 83.0 Å². The lowest BCUT2D eigenvalue weighted by molar-refractivity contribution is -0.222. The minimum Gasteiger partial charge on any atom is -0.432 e. The van der Waals surface area contributed by atoms with E-state index in [1.807, 2.05) is 0 Å². The molecule has 11 heteroatoms. The highest BCUT2D eigenvalue weighted by Crippen LogP contribution is 2.44. The van der Waals surface area contributed by atoms with Gasteiger partial charge in [-0.15, -0.1) is 0 Å². The number of ether oxygens (including phenoxy) is 3. The van der Waals surface area contributed by atoms with E-state index in [2.05, 4.69) is 6.92 Å². The van der Waals surface area contributed by atoms with Gasteiger partial charge in [-0.05, 0) is 79.5 Å². The Morgan fingerprint density at radius 3 is 2.07 bits per heavy atom. The maximum absolute atomic E-state index is 15.2. The summed E-state index contributed by atoms with van der Waals surface area (Å²) in [6, 6.07) is 8.54. The van der Waals surface area contributed by atoms with E-state index in [-0.39, 0.29) is 42.7 Å². The molecule has 1 heterocycles. The standard InChI is InChI=1S/C35H36F8O3/c1-2-3-4-5-20-18-44-34(45-19-20)22-8-12-26(28(36)14-22)21-6-9-24(10-7-21)35(42,43)46-25-11-13-27(29(37)17-25)23-15-30(38)32(33(40)41)31(39)16-23/h8,11-17,20-21,24,33-34H,2-7,9-10,18-19H2,1H3. The molecule has 1 aliphatic heterocycles. The lowest BCUT2D eigenvalue weighted by Crippen LogP contribution is -2.37. The van der Waals surface area contributed by atoms with Gasteiger partial charge in [-0.25, -0.2) is 26.3 Å². The van der Waals surface area contributed by atoms with Crippen molar-refractivity contribution in [3.05, 3.63) is 88.5 Å². The van der Waals surface area contributed by atoms with Crippen LogP contribution in [0.4, 0.5) is 35.1 Å². The van der Waals surface area contributed by atoms with Gasteiger partial charge < -0.3 is 14.2 Å². The van der Waals surface area contributed by atoms with Gasteiger partial charge in [0.25, 0.3) is 6.43 Å². The van der Waals surface area contributed by atoms with Crippen molar-refractivity contribution in [2.24, 2.45) is 11.8 Å². The zero-order chi connectivity index (χ0) is 33.0. The molecule has 2 aliphatic rings. The van der Waals surface area contributed by atoms with Gasteiger partial charge in [0.2, 0.25) is 0 Å². The molecule has 46 heavy (non-hydrogen) atoms. The Hall–Kier alpha value is -3.18. The number of unbranched alkanes of at least 4 members (excludes halogenated alkanes) is 2. The summed E-state index contributed by atoms with van der Waals surface area (Å²) in [5, 5.41) is 0. The zero-order valence-electron chi connectivity index (χ0n) is 25.3. The molecule has 3 aromatic rings. The van der Waals surface area contributed by atoms with Crippen LogP contribution in [0.15, 0.2) is 48.5 Å². The maximum atomic E-state index is 15.2. The molecule has 0 bridgehead atoms. The Morgan fingerprint density at radius 2 is 1.48 bits per heavy atom. The summed E-state index contributed by atoms with van der Waals surface area (Å²) < 4.78 is 131. The van der Waals surface area contributed by atoms with Crippen LogP contribution >= 0.6 is 0 Å². The highest BCUT2D eigenvalue weighted by Gasteiger charge is 2.44. The molecule has 0 spiro atoms. The zero-order valence-corrected chi connectivity index (χ0v) is 25.3. The van der Waals surface area contributed by atoms with E-state index in [1.165, 1.54) is 6.07 Å². The topological polar surface area (TPSA) is 27.7 Å². The molecule has 250 valence electrons. The van der Waals surface area contributed by atoms with Crippen molar-refractivity contribution < 1.29 is 49.3 Å². The molecule has 1 aliphatic carbocycles. The van der Waals surface area contributed by atoms with Crippen molar-refractivity contribution in [1.29, 1.82) is 0 Å². The molecule has 5 rings (SSSR count). The van der Waals surface area contributed by atoms with E-state index < -0.39 is 59.3 Å². The maximum Gasteiger partial charge on any atom is 0.400 e. The molecule has 3 nitrogen and oxygen atoms in total. The first-order chi connectivity index (χ1) is 22.0. The van der Waals surface area contributed by atoms with E-state index in [4.69, 9.17) is 14.2 Å². The third kappa shape index (κ3) is 7.85. The SMILES string of the molecule is CCCCCC1COC(c2ccc(C3CCC(C(F)(F)Oc4ccc(-c5cc(F)c(C(F)F)c(F)c5)c(F)c4)CC3)c(F)c2)OC1. The summed E-state index contributed by atoms with van der Waals surface area (Å²) in [6.45, 7) is 3.24. The largest absolute Gasteiger partial charge is 0.432 e. The smallest absolute Gasteiger partial charge is 0.400 e. The van der Waals surface area contributed by atoms with E-state index in [0.717, 1.165) is 37.8 Å². The van der Waals surface area contributed by atoms with E-state index in [1.54, 1.807) is 12.1 Å². The third-order valence-corrected chi connectivity index (χ3v) is 8.92. The molecule has 0 aromatic heterocycles. The van der Waals surface area contributed by atoms with Crippen LogP contribution in [0.5, 0.6) is 5.75 Å². The lowest BCUT2D eigenvalue weighted by atomic mass is 9.78. The number of alkyl halides is 4. The van der Waals surface area contributed by atoms with Crippen molar-refractivity contribution in [3.63, 3.8) is 0 Å². The van der Waals surface area contributed by atoms with Gasteiger partial charge in [0.15, 0.2) is 6.29 Å². The summed E-state index contributed by atoms with van der Waals surface area (Å²) in [7, 11) is 0. The van der Waals surface area contributed by atoms with Crippen LogP contribution in [0.2, 0.25) is 0 Å². The lowest BCUT2D eigenvalue weighted by Gasteiger charge is -2.34. The Labute approximate surface area is 262 Å². The fraction of sp³-hybridized carbons (Fsp3) is 0.486. The van der Waals surface area contributed by atoms with Crippen LogP contribution in [-0.4, -0.2) is 19.3 Å². The van der Waals surface area contributed by atoms with Gasteiger partial charge in [-0.2, -0.15) is 8.78 Å². The molecular formula is C35H36F8O3. The van der Waals surface area contributed by atoms with Crippen LogP contribution < -0.4 is 4.74 Å². The van der Waals surface area contributed by atoms with Gasteiger partial charge in [0.1, 0.15) is 29.0 Å². The molecule has 1 saturated heterocycles. The minimum absolute atomic E-state index is 0.0305. The van der Waals surface area contributed by atoms with Gasteiger partial charge in [-0.3, -0.25) is 0 Å². The average molecular weight is 657 g/mol. The summed E-state index contributed by atoms with van der Waals surface area (Å²) in [6.07, 6.45) is -2.66. The molecule has 0 amide bonds. The van der Waals surface area contributed by atoms with Crippen molar-refractivity contribution in [2.75, 3.05) is 13.2 Å². The number of benzene rings is 3. The van der Waals surface area contributed by atoms with Crippen molar-refractivity contribution in [3.8, 4) is 16.9 Å². The third-order valence-electron chi connectivity index (χ3n) is 8.92. The van der Waals surface area contributed by atoms with Gasteiger partial charge in [-0.1, -0.05) is 38.3 Å². The Kier molecular flexibility index (Phi) is 10.9. The van der Waals surface area contributed by atoms with Crippen molar-refractivity contribution in [1.82, 2.24) is 0 Å². The molecule has 0 unspecified atom stereocenters. The first kappa shape index (κ1) is 34.2. The second-order valence-electron chi connectivity index (χ2n) is 12.1. The van der Waals surface area contributed by atoms with Gasteiger partial charge in [0.05, 0.1) is 24.7 Å². The molecule has 3 aromatic carbocycles. The summed E-state index contributed by atoms with van der Waals surface area (Å²) in [4.78, 5) is 0. The van der Waals surface area contributed by atoms with Crippen LogP contribution in [0.3, 0.4) is 0 Å². The predicted octanol–water partition coefficient (Wildman–Crippen LogP) is 11.0. The first-order valence-corrected chi connectivity index (χ1v) is 15.6. The Balaban J connectivity index is 1.16. The molecule has 0 radical (unpaired) electrons. The van der Waals surface area contributed by atoms with Crippen molar-refractivity contribution >= 4 is 0 Å². The number of rotatable bonds is 11. The molecule has 0 N–H and O–H groups in total. The second-order valence-corrected chi connectivity index (χ2v) is 12.1. The number of halogens is 8. The van der Waals surface area contributed by atoms with Crippen LogP contribution in [0.1, 0.15) is 93.6 Å².